The number of nitrogens with zero attached hydrogens (tertiary/aromatic N) is 2. The van der Waals surface area contributed by atoms with E-state index in [-0.39, 0.29) is 23.9 Å². The molecule has 1 aromatic rings. The number of amidine groups is 1. The van der Waals surface area contributed by atoms with Crippen molar-refractivity contribution in [2.75, 3.05) is 13.1 Å². The Bertz CT molecular complexity index is 492. The smallest absolute Gasteiger partial charge is 0.387 e. The molecule has 1 amide bonds. The minimum atomic E-state index is -2.90. The van der Waals surface area contributed by atoms with Gasteiger partial charge in [-0.05, 0) is 31.2 Å². The number of hydrogen-bond donors (Lipinski definition) is 2. The summed E-state index contributed by atoms with van der Waals surface area (Å²) < 4.78 is 28.3. The lowest BCUT2D eigenvalue weighted by atomic mass is 10.2. The van der Waals surface area contributed by atoms with Crippen LogP contribution in [0.1, 0.15) is 23.7 Å². The Hall–Kier alpha value is -2.38. The predicted molar refractivity (Wildman–Crippen MR) is 72.7 cm³/mol. The van der Waals surface area contributed by atoms with Gasteiger partial charge in [0.1, 0.15) is 11.6 Å². The zero-order valence-electron chi connectivity index (χ0n) is 11.5. The van der Waals surface area contributed by atoms with Crippen LogP contribution in [0.2, 0.25) is 0 Å². The van der Waals surface area contributed by atoms with Gasteiger partial charge in [0, 0.05) is 25.1 Å². The van der Waals surface area contributed by atoms with E-state index < -0.39 is 6.61 Å². The highest BCUT2D eigenvalue weighted by Crippen LogP contribution is 2.16. The van der Waals surface area contributed by atoms with Crippen molar-refractivity contribution in [2.45, 2.75) is 20.0 Å². The van der Waals surface area contributed by atoms with E-state index >= 15 is 0 Å². The lowest BCUT2D eigenvalue weighted by molar-refractivity contribution is -0.0498. The van der Waals surface area contributed by atoms with Gasteiger partial charge in [-0.25, -0.2) is 0 Å². The van der Waals surface area contributed by atoms with Crippen LogP contribution in [-0.2, 0) is 0 Å². The average molecular weight is 301 g/mol. The Morgan fingerprint density at radius 2 is 2.05 bits per heavy atom. The van der Waals surface area contributed by atoms with Crippen molar-refractivity contribution >= 4 is 11.7 Å². The van der Waals surface area contributed by atoms with Gasteiger partial charge in [0.2, 0.25) is 0 Å². The predicted octanol–water partition coefficient (Wildman–Crippen LogP) is 1.89. The number of oxime groups is 1. The summed E-state index contributed by atoms with van der Waals surface area (Å²) in [6, 6.07) is 5.42. The van der Waals surface area contributed by atoms with E-state index in [0.717, 1.165) is 0 Å². The quantitative estimate of drug-likeness (QED) is 0.348. The second-order valence-electron chi connectivity index (χ2n) is 4.13. The molecule has 6 nitrogen and oxygen atoms in total. The molecule has 3 N–H and O–H groups in total. The highest BCUT2D eigenvalue weighted by Gasteiger charge is 2.15. The maximum Gasteiger partial charge on any atom is 0.387 e. The van der Waals surface area contributed by atoms with E-state index in [1.807, 2.05) is 0 Å². The fourth-order valence-electron chi connectivity index (χ4n) is 1.66. The van der Waals surface area contributed by atoms with Crippen molar-refractivity contribution in [3.05, 3.63) is 29.8 Å². The monoisotopic (exact) mass is 301 g/mol. The molecule has 0 aliphatic rings. The normalized spacial score (nSPS) is 11.5. The van der Waals surface area contributed by atoms with Crippen molar-refractivity contribution in [1.82, 2.24) is 4.90 Å². The summed E-state index contributed by atoms with van der Waals surface area (Å²) in [7, 11) is 0. The highest BCUT2D eigenvalue weighted by atomic mass is 19.3. The molecular weight excluding hydrogens is 284 g/mol. The Labute approximate surface area is 120 Å². The maximum atomic E-state index is 12.2. The maximum absolute atomic E-state index is 12.2. The number of rotatable bonds is 7. The number of ether oxygens (including phenoxy) is 1. The lowest BCUT2D eigenvalue weighted by Gasteiger charge is -2.20. The van der Waals surface area contributed by atoms with Crippen LogP contribution in [0, 0.1) is 0 Å². The van der Waals surface area contributed by atoms with Gasteiger partial charge in [-0.3, -0.25) is 4.79 Å². The first-order chi connectivity index (χ1) is 9.97. The largest absolute Gasteiger partial charge is 0.435 e. The fraction of sp³-hybridized carbons (Fsp3) is 0.385. The molecule has 0 saturated carbocycles. The van der Waals surface area contributed by atoms with Gasteiger partial charge < -0.3 is 20.6 Å². The van der Waals surface area contributed by atoms with Crippen molar-refractivity contribution in [2.24, 2.45) is 10.9 Å². The molecule has 1 rings (SSSR count). The summed E-state index contributed by atoms with van der Waals surface area (Å²) in [4.78, 5) is 13.7. The van der Waals surface area contributed by atoms with E-state index in [2.05, 4.69) is 9.89 Å². The molecule has 1 aromatic carbocycles. The molecule has 0 unspecified atom stereocenters. The number of carbonyl (C=O) groups is 1. The van der Waals surface area contributed by atoms with Gasteiger partial charge in [-0.1, -0.05) is 5.16 Å². The summed E-state index contributed by atoms with van der Waals surface area (Å²) >= 11 is 0. The van der Waals surface area contributed by atoms with Gasteiger partial charge >= 0.3 is 6.61 Å². The van der Waals surface area contributed by atoms with Gasteiger partial charge in [0.25, 0.3) is 5.91 Å². The van der Waals surface area contributed by atoms with Crippen LogP contribution >= 0.6 is 0 Å². The van der Waals surface area contributed by atoms with Crippen LogP contribution in [-0.4, -0.2) is 41.6 Å². The summed E-state index contributed by atoms with van der Waals surface area (Å²) in [5.41, 5.74) is 5.70. The number of nitrogens with two attached hydrogens (primary N) is 1. The van der Waals surface area contributed by atoms with Crippen LogP contribution in [0.15, 0.2) is 29.4 Å². The topological polar surface area (TPSA) is 88.1 Å². The van der Waals surface area contributed by atoms with Crippen LogP contribution in [0.4, 0.5) is 8.78 Å². The standard InChI is InChI=1S/C13H17F2N3O3/c1-2-18(8-7-11(16)17-20)12(19)9-3-5-10(6-4-9)21-13(14)15/h3-6,13,20H,2,7-8H2,1H3,(H2,16,17). The zero-order valence-corrected chi connectivity index (χ0v) is 11.5. The fourth-order valence-corrected chi connectivity index (χ4v) is 1.66. The molecule has 0 aliphatic heterocycles. The number of benzene rings is 1. The highest BCUT2D eigenvalue weighted by molar-refractivity contribution is 5.94. The van der Waals surface area contributed by atoms with E-state index in [0.29, 0.717) is 18.7 Å². The van der Waals surface area contributed by atoms with E-state index in [9.17, 15) is 13.6 Å². The Morgan fingerprint density at radius 3 is 2.52 bits per heavy atom. The third-order valence-corrected chi connectivity index (χ3v) is 2.76. The van der Waals surface area contributed by atoms with E-state index in [1.165, 1.54) is 29.2 Å². The first-order valence-electron chi connectivity index (χ1n) is 6.28. The SMILES string of the molecule is CCN(CCC(N)=NO)C(=O)c1ccc(OC(F)F)cc1. The van der Waals surface area contributed by atoms with Crippen molar-refractivity contribution in [3.63, 3.8) is 0 Å². The summed E-state index contributed by atoms with van der Waals surface area (Å²) in [5, 5.41) is 11.3. The molecule has 0 heterocycles. The minimum absolute atomic E-state index is 0.0127. The molecule has 21 heavy (non-hydrogen) atoms. The van der Waals surface area contributed by atoms with Crippen LogP contribution in [0.5, 0.6) is 5.75 Å². The molecule has 0 fully saturated rings. The molecule has 8 heteroatoms. The molecule has 0 aromatic heterocycles. The van der Waals surface area contributed by atoms with Crippen molar-refractivity contribution in [1.29, 1.82) is 0 Å². The number of amides is 1. The second kappa shape index (κ2) is 8.03. The molecular formula is C13H17F2N3O3. The molecule has 0 aliphatic carbocycles. The molecule has 116 valence electrons. The molecule has 0 atom stereocenters. The van der Waals surface area contributed by atoms with Gasteiger partial charge in [-0.2, -0.15) is 8.78 Å². The van der Waals surface area contributed by atoms with Gasteiger partial charge in [-0.15, -0.1) is 0 Å². The number of alkyl halides is 2. The number of halogens is 2. The van der Waals surface area contributed by atoms with E-state index in [1.54, 1.807) is 6.92 Å². The minimum Gasteiger partial charge on any atom is -0.435 e. The van der Waals surface area contributed by atoms with E-state index in [4.69, 9.17) is 10.9 Å². The zero-order chi connectivity index (χ0) is 15.8. The molecule has 0 spiro atoms. The summed E-state index contributed by atoms with van der Waals surface area (Å²) in [5.74, 6) is -0.255. The van der Waals surface area contributed by atoms with Crippen molar-refractivity contribution < 1.29 is 23.5 Å². The third-order valence-electron chi connectivity index (χ3n) is 2.76. The Kier molecular flexibility index (Phi) is 6.38. The summed E-state index contributed by atoms with van der Waals surface area (Å²) in [6.45, 7) is -0.384. The van der Waals surface area contributed by atoms with Crippen LogP contribution in [0.25, 0.3) is 0 Å². The Morgan fingerprint density at radius 1 is 1.43 bits per heavy atom. The third kappa shape index (κ3) is 5.25. The van der Waals surface area contributed by atoms with Crippen molar-refractivity contribution in [3.8, 4) is 5.75 Å². The van der Waals surface area contributed by atoms with Crippen LogP contribution in [0.3, 0.4) is 0 Å². The molecule has 0 saturated heterocycles. The number of hydrogen-bond acceptors (Lipinski definition) is 4. The summed E-state index contributed by atoms with van der Waals surface area (Å²) in [6.07, 6.45) is 0.239. The number of carbonyl (C=O) groups excluding carboxylic acids is 1. The first kappa shape index (κ1) is 16.7. The molecule has 0 bridgehead atoms. The molecule has 0 radical (unpaired) electrons. The first-order valence-corrected chi connectivity index (χ1v) is 6.28. The Balaban J connectivity index is 2.71. The van der Waals surface area contributed by atoms with Gasteiger partial charge in [0.15, 0.2) is 0 Å². The van der Waals surface area contributed by atoms with Gasteiger partial charge in [0.05, 0.1) is 0 Å². The lowest BCUT2D eigenvalue weighted by Crippen LogP contribution is -2.33. The second-order valence-corrected chi connectivity index (χ2v) is 4.13. The average Bonchev–Trinajstić information content (AvgIpc) is 2.47. The van der Waals surface area contributed by atoms with Crippen LogP contribution < -0.4 is 10.5 Å².